The van der Waals surface area contributed by atoms with Crippen LogP contribution in [0.4, 0.5) is 0 Å². The van der Waals surface area contributed by atoms with E-state index in [9.17, 15) is 5.26 Å². The van der Waals surface area contributed by atoms with Crippen LogP contribution in [0.25, 0.3) is 111 Å². The zero-order valence-electron chi connectivity index (χ0n) is 42.1. The molecule has 0 bridgehead atoms. The molecule has 0 amide bonds. The van der Waals surface area contributed by atoms with Crippen molar-refractivity contribution in [3.63, 3.8) is 0 Å². The zero-order chi connectivity index (χ0) is 49.5. The molecule has 0 N–H and O–H groups in total. The fraction of sp³-hybridized carbons (Fsp3) is 0.118. The molecule has 12 rings (SSSR count). The number of nitriles is 1. The molecule has 0 radical (unpaired) electrons. The molecule has 4 heteroatoms. The van der Waals surface area contributed by atoms with Gasteiger partial charge in [-0.3, -0.25) is 4.98 Å². The van der Waals surface area contributed by atoms with E-state index in [0.717, 1.165) is 55.3 Å². The molecule has 0 spiro atoms. The van der Waals surface area contributed by atoms with Crippen LogP contribution in [0.5, 0.6) is 0 Å². The molecule has 0 saturated carbocycles. The number of pyridine rings is 1. The number of aromatic nitrogens is 3. The van der Waals surface area contributed by atoms with Gasteiger partial charge in [0.25, 0.3) is 0 Å². The summed E-state index contributed by atoms with van der Waals surface area (Å²) in [5.74, 6) is 0. The van der Waals surface area contributed by atoms with Gasteiger partial charge in [-0.25, -0.2) is 0 Å². The van der Waals surface area contributed by atoms with Gasteiger partial charge in [0.1, 0.15) is 0 Å². The summed E-state index contributed by atoms with van der Waals surface area (Å²) in [5, 5.41) is 15.2. The van der Waals surface area contributed by atoms with Crippen LogP contribution in [0, 0.1) is 66.7 Å². The van der Waals surface area contributed by atoms with Gasteiger partial charge in [-0.05, 0) is 189 Å². The topological polar surface area (TPSA) is 46.5 Å². The number of rotatable bonds is 7. The summed E-state index contributed by atoms with van der Waals surface area (Å²) < 4.78 is 4.77. The molecule has 0 aliphatic heterocycles. The van der Waals surface area contributed by atoms with Crippen molar-refractivity contribution >= 4 is 43.6 Å². The Balaban J connectivity index is 1.12. The van der Waals surface area contributed by atoms with Gasteiger partial charge in [-0.1, -0.05) is 125 Å². The Kier molecular flexibility index (Phi) is 10.7. The Morgan fingerprint density at radius 2 is 0.667 bits per heavy atom. The van der Waals surface area contributed by atoms with Crippen LogP contribution >= 0.6 is 0 Å². The highest BCUT2D eigenvalue weighted by Crippen LogP contribution is 2.44. The third-order valence-electron chi connectivity index (χ3n) is 15.0. The second-order valence-corrected chi connectivity index (χ2v) is 20.1. The van der Waals surface area contributed by atoms with E-state index in [4.69, 9.17) is 4.98 Å². The Hall–Kier alpha value is -8.78. The maximum absolute atomic E-state index is 10.6. The van der Waals surface area contributed by atoms with Gasteiger partial charge in [0.05, 0.1) is 51.3 Å². The lowest BCUT2D eigenvalue weighted by Crippen LogP contribution is -2.02. The van der Waals surface area contributed by atoms with Crippen molar-refractivity contribution in [1.29, 1.82) is 5.26 Å². The van der Waals surface area contributed by atoms with E-state index in [1.165, 1.54) is 99.8 Å². The highest BCUT2D eigenvalue weighted by atomic mass is 15.0. The van der Waals surface area contributed by atoms with Gasteiger partial charge in [-0.15, -0.1) is 0 Å². The van der Waals surface area contributed by atoms with Crippen molar-refractivity contribution in [1.82, 2.24) is 14.1 Å². The van der Waals surface area contributed by atoms with E-state index in [0.29, 0.717) is 5.56 Å². The average molecular weight is 927 g/mol. The first kappa shape index (κ1) is 44.4. The molecule has 0 saturated heterocycles. The lowest BCUT2D eigenvalue weighted by atomic mass is 9.95. The van der Waals surface area contributed by atoms with Crippen molar-refractivity contribution < 1.29 is 0 Å². The molecular formula is C68H54N4. The lowest BCUT2D eigenvalue weighted by Gasteiger charge is -2.19. The SMILES string of the molecule is Cc1ccc(-c2ccc3c(c2)c2cc(-c4ccc(C)cc4C)ccc2n3-c2cnccc2-c2ccc(C#N)cc2-n2c3ccc(-c4ccc(C)cc4C)cc3c3cc(-c4ccc(C)cc4C)ccc32)c(C)c1. The Morgan fingerprint density at radius 3 is 1.01 bits per heavy atom. The summed E-state index contributed by atoms with van der Waals surface area (Å²) in [6.45, 7) is 17.4. The van der Waals surface area contributed by atoms with Crippen LogP contribution in [0.1, 0.15) is 50.1 Å². The molecule has 0 atom stereocenters. The summed E-state index contributed by atoms with van der Waals surface area (Å²) in [6, 6.07) is 65.2. The van der Waals surface area contributed by atoms with E-state index in [1.54, 1.807) is 0 Å². The predicted octanol–water partition coefficient (Wildman–Crippen LogP) is 17.9. The third kappa shape index (κ3) is 7.40. The summed E-state index contributed by atoms with van der Waals surface area (Å²) in [4.78, 5) is 4.86. The summed E-state index contributed by atoms with van der Waals surface area (Å²) in [5.41, 5.74) is 28.4. The number of hydrogen-bond acceptors (Lipinski definition) is 2. The van der Waals surface area contributed by atoms with Crippen LogP contribution in [0.2, 0.25) is 0 Å². The van der Waals surface area contributed by atoms with E-state index in [-0.39, 0.29) is 0 Å². The summed E-state index contributed by atoms with van der Waals surface area (Å²) in [6.07, 6.45) is 3.90. The van der Waals surface area contributed by atoms with E-state index >= 15 is 0 Å². The Labute approximate surface area is 421 Å². The van der Waals surface area contributed by atoms with Crippen LogP contribution < -0.4 is 0 Å². The maximum atomic E-state index is 10.6. The fourth-order valence-electron chi connectivity index (χ4n) is 11.6. The summed E-state index contributed by atoms with van der Waals surface area (Å²) in [7, 11) is 0. The average Bonchev–Trinajstić information content (AvgIpc) is 3.87. The third-order valence-corrected chi connectivity index (χ3v) is 15.0. The molecule has 0 aliphatic carbocycles. The minimum Gasteiger partial charge on any atom is -0.309 e. The van der Waals surface area contributed by atoms with Crippen molar-refractivity contribution in [3.05, 3.63) is 232 Å². The highest BCUT2D eigenvalue weighted by Gasteiger charge is 2.23. The molecular weight excluding hydrogens is 873 g/mol. The van der Waals surface area contributed by atoms with Crippen molar-refractivity contribution in [2.45, 2.75) is 55.4 Å². The molecule has 3 aromatic heterocycles. The molecule has 12 aromatic rings. The van der Waals surface area contributed by atoms with Crippen molar-refractivity contribution in [2.24, 2.45) is 0 Å². The lowest BCUT2D eigenvalue weighted by molar-refractivity contribution is 1.13. The van der Waals surface area contributed by atoms with Gasteiger partial charge in [0, 0.05) is 38.9 Å². The minimum absolute atomic E-state index is 0.591. The molecule has 4 nitrogen and oxygen atoms in total. The number of nitrogens with zero attached hydrogens (tertiary/aromatic N) is 4. The first-order valence-electron chi connectivity index (χ1n) is 24.9. The maximum Gasteiger partial charge on any atom is 0.0992 e. The van der Waals surface area contributed by atoms with Gasteiger partial charge in [0.15, 0.2) is 0 Å². The van der Waals surface area contributed by atoms with E-state index < -0.39 is 0 Å². The number of fused-ring (bicyclic) bond motifs is 6. The molecule has 72 heavy (non-hydrogen) atoms. The highest BCUT2D eigenvalue weighted by molar-refractivity contribution is 6.14. The Morgan fingerprint density at radius 1 is 0.333 bits per heavy atom. The second-order valence-electron chi connectivity index (χ2n) is 20.1. The number of benzene rings is 9. The van der Waals surface area contributed by atoms with Gasteiger partial charge >= 0.3 is 0 Å². The Bertz CT molecular complexity index is 4050. The molecule has 0 aliphatic rings. The summed E-state index contributed by atoms with van der Waals surface area (Å²) >= 11 is 0. The van der Waals surface area contributed by atoms with E-state index in [1.807, 2.05) is 18.5 Å². The van der Waals surface area contributed by atoms with E-state index in [2.05, 4.69) is 234 Å². The second kappa shape index (κ2) is 17.3. The number of aryl methyl sites for hydroxylation is 8. The normalized spacial score (nSPS) is 11.6. The van der Waals surface area contributed by atoms with Gasteiger partial charge < -0.3 is 9.13 Å². The minimum atomic E-state index is 0.591. The standard InChI is InChI=1S/C68H54N4/c1-40-9-18-53(44(5)29-40)49-14-23-63-59(34-49)60-35-50(54-19-10-41(2)30-45(54)6)15-24-64(60)71(63)67-33-48(38-69)13-22-57(67)58-27-28-70-39-68(58)72-65-25-16-51(55-20-11-42(3)31-46(55)7)36-61(65)62-37-52(17-26-66(62)72)56-21-12-43(4)32-47(56)8/h9-37,39H,1-8H3. The van der Waals surface area contributed by atoms with Crippen LogP contribution in [-0.4, -0.2) is 14.1 Å². The van der Waals surface area contributed by atoms with Gasteiger partial charge in [-0.2, -0.15) is 5.26 Å². The monoisotopic (exact) mass is 926 g/mol. The first-order chi connectivity index (χ1) is 34.9. The quantitative estimate of drug-likeness (QED) is 0.160. The smallest absolute Gasteiger partial charge is 0.0992 e. The number of hydrogen-bond donors (Lipinski definition) is 0. The van der Waals surface area contributed by atoms with Crippen molar-refractivity contribution in [2.75, 3.05) is 0 Å². The largest absolute Gasteiger partial charge is 0.309 e. The van der Waals surface area contributed by atoms with Crippen LogP contribution in [0.3, 0.4) is 0 Å². The molecule has 0 unspecified atom stereocenters. The molecule has 3 heterocycles. The van der Waals surface area contributed by atoms with Gasteiger partial charge in [0.2, 0.25) is 0 Å². The zero-order valence-corrected chi connectivity index (χ0v) is 42.1. The first-order valence-corrected chi connectivity index (χ1v) is 24.9. The molecule has 9 aromatic carbocycles. The van der Waals surface area contributed by atoms with Crippen molar-refractivity contribution in [3.8, 4) is 73.1 Å². The van der Waals surface area contributed by atoms with Crippen LogP contribution in [-0.2, 0) is 0 Å². The molecule has 346 valence electrons. The molecule has 0 fully saturated rings. The van der Waals surface area contributed by atoms with Crippen LogP contribution in [0.15, 0.2) is 182 Å². The fourth-order valence-corrected chi connectivity index (χ4v) is 11.6. The predicted molar refractivity (Wildman–Crippen MR) is 303 cm³/mol.